The van der Waals surface area contributed by atoms with E-state index < -0.39 is 0 Å². The zero-order valence-electron chi connectivity index (χ0n) is 16.4. The Labute approximate surface area is 178 Å². The van der Waals surface area contributed by atoms with Crippen LogP contribution in [-0.2, 0) is 11.2 Å². The summed E-state index contributed by atoms with van der Waals surface area (Å²) in [6.45, 7) is 0. The van der Waals surface area contributed by atoms with Crippen LogP contribution in [0.25, 0.3) is 0 Å². The minimum absolute atomic E-state index is 0.200. The fourth-order valence-electron chi connectivity index (χ4n) is 2.63. The van der Waals surface area contributed by atoms with E-state index in [1.165, 1.54) is 20.5 Å². The summed E-state index contributed by atoms with van der Waals surface area (Å²) in [7, 11) is 3.03. The number of nitrogens with one attached hydrogen (secondary N) is 3. The van der Waals surface area contributed by atoms with E-state index in [2.05, 4.69) is 26.1 Å². The molecule has 0 spiro atoms. The number of hydrogen-bond acceptors (Lipinski definition) is 8. The molecule has 1 heterocycles. The molecule has 0 bridgehead atoms. The van der Waals surface area contributed by atoms with Crippen LogP contribution in [0.1, 0.15) is 5.56 Å². The SMILES string of the molecule is COc1cc(OC)c(Nc2ncnc(NNC(=O)Cc3ccccc3)c2N)cc1Cl. The Hall–Kier alpha value is -3.72. The number of nitrogens with zero attached hydrogens (tertiary/aromatic N) is 2. The molecule has 2 aromatic carbocycles. The van der Waals surface area contributed by atoms with Gasteiger partial charge in [0.15, 0.2) is 11.6 Å². The number of anilines is 4. The summed E-state index contributed by atoms with van der Waals surface area (Å²) in [4.78, 5) is 20.4. The first-order valence-electron chi connectivity index (χ1n) is 8.89. The predicted molar refractivity (Wildman–Crippen MR) is 116 cm³/mol. The van der Waals surface area contributed by atoms with Crippen molar-refractivity contribution in [3.05, 3.63) is 59.4 Å². The van der Waals surface area contributed by atoms with E-state index in [1.807, 2.05) is 30.3 Å². The topological polar surface area (TPSA) is 123 Å². The molecule has 0 saturated heterocycles. The number of aromatic nitrogens is 2. The molecule has 1 aromatic heterocycles. The molecule has 3 aromatic rings. The van der Waals surface area contributed by atoms with Gasteiger partial charge in [-0.15, -0.1) is 0 Å². The summed E-state index contributed by atoms with van der Waals surface area (Å²) in [5.41, 5.74) is 13.1. The van der Waals surface area contributed by atoms with Crippen LogP contribution in [0.3, 0.4) is 0 Å². The molecule has 3 rings (SSSR count). The number of benzene rings is 2. The molecule has 0 unspecified atom stereocenters. The summed E-state index contributed by atoms with van der Waals surface area (Å²) in [6.07, 6.45) is 1.52. The first kappa shape index (κ1) is 21.0. The minimum atomic E-state index is -0.239. The van der Waals surface area contributed by atoms with Crippen LogP contribution >= 0.6 is 11.6 Å². The first-order chi connectivity index (χ1) is 14.5. The third kappa shape index (κ3) is 5.00. The van der Waals surface area contributed by atoms with Gasteiger partial charge in [-0.3, -0.25) is 15.6 Å². The number of rotatable bonds is 8. The Balaban J connectivity index is 1.72. The second kappa shape index (κ2) is 9.66. The van der Waals surface area contributed by atoms with Gasteiger partial charge in [-0.1, -0.05) is 41.9 Å². The lowest BCUT2D eigenvalue weighted by molar-refractivity contribution is -0.119. The minimum Gasteiger partial charge on any atom is -0.495 e. The van der Waals surface area contributed by atoms with E-state index in [0.29, 0.717) is 28.0 Å². The molecule has 0 aliphatic carbocycles. The fourth-order valence-corrected chi connectivity index (χ4v) is 2.88. The van der Waals surface area contributed by atoms with Crippen LogP contribution in [0, 0.1) is 0 Å². The lowest BCUT2D eigenvalue weighted by atomic mass is 10.1. The third-order valence-electron chi connectivity index (χ3n) is 4.14. The molecule has 10 heteroatoms. The molecule has 0 radical (unpaired) electrons. The van der Waals surface area contributed by atoms with E-state index in [4.69, 9.17) is 26.8 Å². The van der Waals surface area contributed by atoms with Crippen molar-refractivity contribution in [2.45, 2.75) is 6.42 Å². The highest BCUT2D eigenvalue weighted by Gasteiger charge is 2.14. The Morgan fingerprint density at radius 1 is 1.07 bits per heavy atom. The van der Waals surface area contributed by atoms with Crippen molar-refractivity contribution < 1.29 is 14.3 Å². The van der Waals surface area contributed by atoms with Crippen LogP contribution in [0.5, 0.6) is 11.5 Å². The quantitative estimate of drug-likeness (QED) is 0.403. The number of hydrazine groups is 1. The van der Waals surface area contributed by atoms with E-state index >= 15 is 0 Å². The normalized spacial score (nSPS) is 10.2. The molecule has 0 aliphatic rings. The third-order valence-corrected chi connectivity index (χ3v) is 4.43. The summed E-state index contributed by atoms with van der Waals surface area (Å²) < 4.78 is 10.6. The zero-order chi connectivity index (χ0) is 21.5. The van der Waals surface area contributed by atoms with Crippen molar-refractivity contribution in [2.75, 3.05) is 30.7 Å². The Morgan fingerprint density at radius 2 is 1.77 bits per heavy atom. The van der Waals surface area contributed by atoms with Crippen LogP contribution in [0.15, 0.2) is 48.8 Å². The van der Waals surface area contributed by atoms with Crippen molar-refractivity contribution in [1.29, 1.82) is 0 Å². The van der Waals surface area contributed by atoms with E-state index in [-0.39, 0.29) is 23.8 Å². The van der Waals surface area contributed by atoms with Crippen molar-refractivity contribution in [2.24, 2.45) is 0 Å². The lowest BCUT2D eigenvalue weighted by Crippen LogP contribution is -2.31. The average molecular weight is 429 g/mol. The molecule has 0 fully saturated rings. The first-order valence-corrected chi connectivity index (χ1v) is 9.27. The highest BCUT2D eigenvalue weighted by Crippen LogP contribution is 2.38. The fraction of sp³-hybridized carbons (Fsp3) is 0.150. The van der Waals surface area contributed by atoms with E-state index in [1.54, 1.807) is 12.1 Å². The highest BCUT2D eigenvalue weighted by atomic mass is 35.5. The molecule has 1 amide bonds. The molecule has 0 aliphatic heterocycles. The summed E-state index contributed by atoms with van der Waals surface area (Å²) in [6, 6.07) is 12.6. The predicted octanol–water partition coefficient (Wildman–Crippen LogP) is 3.16. The summed E-state index contributed by atoms with van der Waals surface area (Å²) in [5, 5.41) is 3.45. The van der Waals surface area contributed by atoms with Gasteiger partial charge >= 0.3 is 0 Å². The molecule has 156 valence electrons. The highest BCUT2D eigenvalue weighted by molar-refractivity contribution is 6.32. The van der Waals surface area contributed by atoms with Gasteiger partial charge in [0.25, 0.3) is 0 Å². The van der Waals surface area contributed by atoms with Crippen molar-refractivity contribution in [3.8, 4) is 11.5 Å². The van der Waals surface area contributed by atoms with Crippen molar-refractivity contribution >= 4 is 40.5 Å². The molecule has 5 N–H and O–H groups in total. The number of amides is 1. The number of nitrogens with two attached hydrogens (primary N) is 1. The van der Waals surface area contributed by atoms with Gasteiger partial charge in [-0.05, 0) is 11.6 Å². The smallest absolute Gasteiger partial charge is 0.242 e. The number of nitrogen functional groups attached to an aromatic ring is 1. The standard InChI is InChI=1S/C20H21ClN6O3/c1-29-15-10-16(30-2)14(9-13(15)21)25-19-18(22)20(24-11-23-19)27-26-17(28)8-12-6-4-3-5-7-12/h3-7,9-11H,8,22H2,1-2H3,(H,26,28)(H2,23,24,25,27). The van der Waals surface area contributed by atoms with Gasteiger partial charge in [-0.2, -0.15) is 0 Å². The Bertz CT molecular complexity index is 1030. The lowest BCUT2D eigenvalue weighted by Gasteiger charge is -2.16. The second-order valence-corrected chi connectivity index (χ2v) is 6.54. The Morgan fingerprint density at radius 3 is 2.47 bits per heavy atom. The molecular formula is C20H21ClN6O3. The number of halogens is 1. The molecular weight excluding hydrogens is 408 g/mol. The maximum absolute atomic E-state index is 12.1. The zero-order valence-corrected chi connectivity index (χ0v) is 17.2. The number of ether oxygens (including phenoxy) is 2. The maximum Gasteiger partial charge on any atom is 0.242 e. The van der Waals surface area contributed by atoms with Gasteiger partial charge in [0.1, 0.15) is 23.5 Å². The van der Waals surface area contributed by atoms with Crippen LogP contribution < -0.4 is 31.4 Å². The molecule has 30 heavy (non-hydrogen) atoms. The van der Waals surface area contributed by atoms with Gasteiger partial charge < -0.3 is 20.5 Å². The molecule has 0 atom stereocenters. The van der Waals surface area contributed by atoms with Gasteiger partial charge in [-0.25, -0.2) is 9.97 Å². The van der Waals surface area contributed by atoms with E-state index in [9.17, 15) is 4.79 Å². The number of hydrogen-bond donors (Lipinski definition) is 4. The monoisotopic (exact) mass is 428 g/mol. The molecule has 9 nitrogen and oxygen atoms in total. The number of carbonyl (C=O) groups excluding carboxylic acids is 1. The van der Waals surface area contributed by atoms with Gasteiger partial charge in [0, 0.05) is 6.07 Å². The van der Waals surface area contributed by atoms with E-state index in [0.717, 1.165) is 5.56 Å². The Kier molecular flexibility index (Phi) is 6.76. The van der Waals surface area contributed by atoms with Crippen LogP contribution in [0.4, 0.5) is 23.0 Å². The number of methoxy groups -OCH3 is 2. The van der Waals surface area contributed by atoms with Crippen molar-refractivity contribution in [3.63, 3.8) is 0 Å². The van der Waals surface area contributed by atoms with Crippen LogP contribution in [0.2, 0.25) is 5.02 Å². The van der Waals surface area contributed by atoms with Gasteiger partial charge in [0.05, 0.1) is 31.4 Å². The van der Waals surface area contributed by atoms with Crippen LogP contribution in [-0.4, -0.2) is 30.1 Å². The summed E-state index contributed by atoms with van der Waals surface area (Å²) in [5.74, 6) is 1.27. The largest absolute Gasteiger partial charge is 0.495 e. The average Bonchev–Trinajstić information content (AvgIpc) is 2.75. The molecule has 0 saturated carbocycles. The van der Waals surface area contributed by atoms with Crippen molar-refractivity contribution in [1.82, 2.24) is 15.4 Å². The second-order valence-electron chi connectivity index (χ2n) is 6.13. The number of carbonyl (C=O) groups is 1. The maximum atomic E-state index is 12.1. The summed E-state index contributed by atoms with van der Waals surface area (Å²) >= 11 is 6.20. The van der Waals surface area contributed by atoms with Gasteiger partial charge in [0.2, 0.25) is 5.91 Å².